The lowest BCUT2D eigenvalue weighted by Gasteiger charge is -1.89. The van der Waals surface area contributed by atoms with Gasteiger partial charge in [-0.25, -0.2) is 0 Å². The normalized spacial score (nSPS) is 16.7. The molecule has 0 N–H and O–H groups in total. The molecule has 0 fully saturated rings. The highest BCUT2D eigenvalue weighted by Crippen LogP contribution is 2.24. The quantitative estimate of drug-likeness (QED) is 0.330. The van der Waals surface area contributed by atoms with Crippen LogP contribution in [0.2, 0.25) is 0 Å². The summed E-state index contributed by atoms with van der Waals surface area (Å²) in [6.45, 7) is 0.543. The van der Waals surface area contributed by atoms with Crippen LogP contribution in [0.25, 0.3) is 10.4 Å². The summed E-state index contributed by atoms with van der Waals surface area (Å²) < 4.78 is 0. The Labute approximate surface area is 57.8 Å². The molecule has 48 valence electrons. The van der Waals surface area contributed by atoms with Crippen LogP contribution in [0, 0.1) is 0 Å². The fraction of sp³-hybridized carbons (Fsp3) is 0.600. The molecule has 0 amide bonds. The van der Waals surface area contributed by atoms with Gasteiger partial charge in [-0.2, -0.15) is 0 Å². The van der Waals surface area contributed by atoms with Gasteiger partial charge >= 0.3 is 0 Å². The van der Waals surface area contributed by atoms with Crippen molar-refractivity contribution >= 4 is 11.8 Å². The van der Waals surface area contributed by atoms with Crippen LogP contribution < -0.4 is 0 Å². The van der Waals surface area contributed by atoms with Gasteiger partial charge in [-0.15, -0.1) is 11.8 Å². The summed E-state index contributed by atoms with van der Waals surface area (Å²) in [6, 6.07) is 0. The molecule has 9 heavy (non-hydrogen) atoms. The number of hydrogen-bond donors (Lipinski definition) is 0. The SMILES string of the molecule is [N-]=[N+]=NCC1=CCCS1. The molecule has 0 spiro atoms. The zero-order valence-corrected chi connectivity index (χ0v) is 5.77. The molecule has 1 heterocycles. The third-order valence-electron chi connectivity index (χ3n) is 1.07. The van der Waals surface area contributed by atoms with Crippen molar-refractivity contribution in [2.24, 2.45) is 5.11 Å². The smallest absolute Gasteiger partial charge is 0.0567 e. The average molecular weight is 141 g/mol. The molecular formula is C5H7N3S. The molecule has 0 unspecified atom stereocenters. The van der Waals surface area contributed by atoms with Crippen molar-refractivity contribution in [1.82, 2.24) is 0 Å². The van der Waals surface area contributed by atoms with Crippen LogP contribution in [0.15, 0.2) is 16.1 Å². The fourth-order valence-corrected chi connectivity index (χ4v) is 1.56. The van der Waals surface area contributed by atoms with Crippen LogP contribution in [-0.2, 0) is 0 Å². The van der Waals surface area contributed by atoms with E-state index in [1.807, 2.05) is 0 Å². The number of allylic oxidation sites excluding steroid dienone is 1. The lowest BCUT2D eigenvalue weighted by molar-refractivity contribution is 1.18. The molecule has 0 aliphatic carbocycles. The first-order valence-corrected chi connectivity index (χ1v) is 3.75. The van der Waals surface area contributed by atoms with Crippen molar-refractivity contribution in [2.75, 3.05) is 12.3 Å². The number of nitrogens with zero attached hydrogens (tertiary/aromatic N) is 3. The standard InChI is InChI=1S/C5H7N3S/c6-8-7-4-5-2-1-3-9-5/h2H,1,3-4H2. The fourth-order valence-electron chi connectivity index (χ4n) is 0.680. The third kappa shape index (κ3) is 2.00. The van der Waals surface area contributed by atoms with Gasteiger partial charge in [0.2, 0.25) is 0 Å². The Morgan fingerprint density at radius 1 is 1.89 bits per heavy atom. The zero-order chi connectivity index (χ0) is 6.53. The highest BCUT2D eigenvalue weighted by molar-refractivity contribution is 8.03. The summed E-state index contributed by atoms with van der Waals surface area (Å²) in [5, 5.41) is 3.45. The molecule has 0 aromatic heterocycles. The second kappa shape index (κ2) is 3.43. The van der Waals surface area contributed by atoms with Crippen molar-refractivity contribution in [2.45, 2.75) is 6.42 Å². The highest BCUT2D eigenvalue weighted by Gasteiger charge is 2.01. The van der Waals surface area contributed by atoms with Gasteiger partial charge in [0.25, 0.3) is 0 Å². The van der Waals surface area contributed by atoms with Gasteiger partial charge < -0.3 is 0 Å². The number of thioether (sulfide) groups is 1. The van der Waals surface area contributed by atoms with E-state index in [1.165, 1.54) is 4.91 Å². The number of hydrogen-bond acceptors (Lipinski definition) is 2. The van der Waals surface area contributed by atoms with E-state index in [0.717, 1.165) is 12.2 Å². The summed E-state index contributed by atoms with van der Waals surface area (Å²) >= 11 is 1.78. The summed E-state index contributed by atoms with van der Waals surface area (Å²) in [7, 11) is 0. The molecule has 0 aromatic rings. The van der Waals surface area contributed by atoms with E-state index >= 15 is 0 Å². The highest BCUT2D eigenvalue weighted by atomic mass is 32.2. The van der Waals surface area contributed by atoms with Gasteiger partial charge in [-0.1, -0.05) is 11.2 Å². The molecular weight excluding hydrogens is 134 g/mol. The maximum atomic E-state index is 7.95. The third-order valence-corrected chi connectivity index (χ3v) is 2.17. The van der Waals surface area contributed by atoms with Gasteiger partial charge in [-0.3, -0.25) is 0 Å². The van der Waals surface area contributed by atoms with Crippen molar-refractivity contribution in [3.63, 3.8) is 0 Å². The van der Waals surface area contributed by atoms with Gasteiger partial charge in [0.1, 0.15) is 0 Å². The van der Waals surface area contributed by atoms with Gasteiger partial charge in [-0.05, 0) is 16.9 Å². The van der Waals surface area contributed by atoms with E-state index in [2.05, 4.69) is 16.1 Å². The van der Waals surface area contributed by atoms with Crippen LogP contribution in [0.5, 0.6) is 0 Å². The van der Waals surface area contributed by atoms with E-state index < -0.39 is 0 Å². The predicted octanol–water partition coefficient (Wildman–Crippen LogP) is 2.32. The molecule has 1 aliphatic heterocycles. The Morgan fingerprint density at radius 2 is 2.78 bits per heavy atom. The van der Waals surface area contributed by atoms with Crippen LogP contribution in [0.4, 0.5) is 0 Å². The second-order valence-corrected chi connectivity index (χ2v) is 2.92. The van der Waals surface area contributed by atoms with Crippen LogP contribution in [0.1, 0.15) is 6.42 Å². The molecule has 0 saturated heterocycles. The molecule has 3 nitrogen and oxygen atoms in total. The Bertz CT molecular complexity index is 169. The first-order valence-electron chi connectivity index (χ1n) is 2.76. The Balaban J connectivity index is 2.34. The topological polar surface area (TPSA) is 48.8 Å². The molecule has 0 aromatic carbocycles. The van der Waals surface area contributed by atoms with E-state index in [0.29, 0.717) is 6.54 Å². The molecule has 0 bridgehead atoms. The molecule has 4 heteroatoms. The van der Waals surface area contributed by atoms with Gasteiger partial charge in [0.15, 0.2) is 0 Å². The largest absolute Gasteiger partial charge is 0.130 e. The minimum absolute atomic E-state index is 0.543. The van der Waals surface area contributed by atoms with Gasteiger partial charge in [0, 0.05) is 10.7 Å². The Morgan fingerprint density at radius 3 is 3.33 bits per heavy atom. The summed E-state index contributed by atoms with van der Waals surface area (Å²) in [4.78, 5) is 3.89. The Hall–Kier alpha value is -0.600. The molecule has 0 saturated carbocycles. The average Bonchev–Trinajstić information content (AvgIpc) is 2.34. The van der Waals surface area contributed by atoms with E-state index in [9.17, 15) is 0 Å². The number of azide groups is 1. The van der Waals surface area contributed by atoms with E-state index in [4.69, 9.17) is 5.53 Å². The van der Waals surface area contributed by atoms with Crippen LogP contribution in [-0.4, -0.2) is 12.3 Å². The van der Waals surface area contributed by atoms with E-state index in [1.54, 1.807) is 11.8 Å². The summed E-state index contributed by atoms with van der Waals surface area (Å²) in [5.74, 6) is 1.15. The maximum absolute atomic E-state index is 7.95. The predicted molar refractivity (Wildman–Crippen MR) is 39.2 cm³/mol. The lowest BCUT2D eigenvalue weighted by Crippen LogP contribution is -1.75. The van der Waals surface area contributed by atoms with Crippen molar-refractivity contribution in [1.29, 1.82) is 0 Å². The summed E-state index contributed by atoms with van der Waals surface area (Å²) in [5.41, 5.74) is 7.95. The van der Waals surface area contributed by atoms with Crippen LogP contribution >= 0.6 is 11.8 Å². The van der Waals surface area contributed by atoms with Crippen molar-refractivity contribution in [3.05, 3.63) is 21.4 Å². The second-order valence-electron chi connectivity index (χ2n) is 1.70. The van der Waals surface area contributed by atoms with Crippen LogP contribution in [0.3, 0.4) is 0 Å². The molecule has 0 atom stereocenters. The first-order chi connectivity index (χ1) is 4.43. The number of rotatable bonds is 2. The minimum atomic E-state index is 0.543. The minimum Gasteiger partial charge on any atom is -0.130 e. The molecule has 0 radical (unpaired) electrons. The first kappa shape index (κ1) is 6.52. The monoisotopic (exact) mass is 141 g/mol. The lowest BCUT2D eigenvalue weighted by atomic mass is 10.4. The molecule has 1 rings (SSSR count). The zero-order valence-electron chi connectivity index (χ0n) is 4.95. The van der Waals surface area contributed by atoms with E-state index in [-0.39, 0.29) is 0 Å². The molecule has 1 aliphatic rings. The van der Waals surface area contributed by atoms with Gasteiger partial charge in [0.05, 0.1) is 6.54 Å². The maximum Gasteiger partial charge on any atom is 0.0567 e. The van der Waals surface area contributed by atoms with Crippen molar-refractivity contribution in [3.8, 4) is 0 Å². The Kier molecular flexibility index (Phi) is 2.48. The van der Waals surface area contributed by atoms with Crippen molar-refractivity contribution < 1.29 is 0 Å². The summed E-state index contributed by atoms with van der Waals surface area (Å²) in [6.07, 6.45) is 3.25.